The Hall–Kier alpha value is -2.99. The highest BCUT2D eigenvalue weighted by Crippen LogP contribution is 2.28. The topological polar surface area (TPSA) is 68.5 Å². The average Bonchev–Trinajstić information content (AvgIpc) is 3.22. The maximum atomic E-state index is 13.2. The van der Waals surface area contributed by atoms with Gasteiger partial charge in [0.1, 0.15) is 5.75 Å². The second kappa shape index (κ2) is 8.79. The van der Waals surface area contributed by atoms with Gasteiger partial charge < -0.3 is 9.26 Å². The molecule has 2 aromatic carbocycles. The molecule has 1 atom stereocenters. The molecule has 1 aliphatic rings. The Morgan fingerprint density at radius 3 is 2.63 bits per heavy atom. The number of ketones is 1. The Labute approximate surface area is 176 Å². The highest BCUT2D eigenvalue weighted by atomic mass is 16.5. The summed E-state index contributed by atoms with van der Waals surface area (Å²) in [4.78, 5) is 19.9. The van der Waals surface area contributed by atoms with E-state index >= 15 is 0 Å². The molecule has 6 heteroatoms. The minimum atomic E-state index is -0.0255. The van der Waals surface area contributed by atoms with E-state index in [9.17, 15) is 4.79 Å². The van der Waals surface area contributed by atoms with Crippen molar-refractivity contribution in [3.63, 3.8) is 0 Å². The number of benzene rings is 2. The van der Waals surface area contributed by atoms with Crippen molar-refractivity contribution in [2.45, 2.75) is 33.2 Å². The van der Waals surface area contributed by atoms with Crippen LogP contribution in [0.1, 0.15) is 40.2 Å². The van der Waals surface area contributed by atoms with Crippen LogP contribution in [0.4, 0.5) is 0 Å². The molecule has 2 heterocycles. The minimum Gasteiger partial charge on any atom is -0.496 e. The smallest absolute Gasteiger partial charge is 0.241 e. The van der Waals surface area contributed by atoms with Gasteiger partial charge in [-0.25, -0.2) is 0 Å². The van der Waals surface area contributed by atoms with Crippen LogP contribution < -0.4 is 4.74 Å². The van der Waals surface area contributed by atoms with Crippen molar-refractivity contribution in [1.29, 1.82) is 0 Å². The third-order valence-corrected chi connectivity index (χ3v) is 5.68. The fourth-order valence-electron chi connectivity index (χ4n) is 4.28. The number of nitrogens with zero attached hydrogens (tertiary/aromatic N) is 3. The molecule has 0 N–H and O–H groups in total. The average molecular weight is 405 g/mol. The lowest BCUT2D eigenvalue weighted by atomic mass is 9.88. The number of likely N-dealkylation sites (tertiary alicyclic amines) is 1. The van der Waals surface area contributed by atoms with E-state index in [0.29, 0.717) is 24.8 Å². The van der Waals surface area contributed by atoms with E-state index in [1.165, 1.54) is 0 Å². The maximum Gasteiger partial charge on any atom is 0.241 e. The Balaban J connectivity index is 1.44. The molecule has 156 valence electrons. The zero-order chi connectivity index (χ0) is 21.1. The van der Waals surface area contributed by atoms with Crippen LogP contribution >= 0.6 is 0 Å². The number of carbonyl (C=O) groups excluding carboxylic acids is 1. The molecule has 3 aromatic rings. The van der Waals surface area contributed by atoms with E-state index in [0.717, 1.165) is 47.4 Å². The SMILES string of the molecule is COc1c(C)cc(C(=O)[C@@H]2CCCN(Cc3nc(-c4ccccc4)no3)C2)cc1C. The first-order chi connectivity index (χ1) is 14.5. The van der Waals surface area contributed by atoms with Crippen molar-refractivity contribution in [3.05, 3.63) is 65.0 Å². The quantitative estimate of drug-likeness (QED) is 0.564. The molecule has 30 heavy (non-hydrogen) atoms. The summed E-state index contributed by atoms with van der Waals surface area (Å²) in [5.41, 5.74) is 3.69. The molecule has 1 aromatic heterocycles. The van der Waals surface area contributed by atoms with Gasteiger partial charge in [-0.15, -0.1) is 0 Å². The van der Waals surface area contributed by atoms with E-state index in [1.54, 1.807) is 7.11 Å². The van der Waals surface area contributed by atoms with Gasteiger partial charge in [0.25, 0.3) is 0 Å². The van der Waals surface area contributed by atoms with Crippen LogP contribution in [-0.4, -0.2) is 41.0 Å². The summed E-state index contributed by atoms with van der Waals surface area (Å²) in [7, 11) is 1.66. The van der Waals surface area contributed by atoms with Gasteiger partial charge in [0, 0.05) is 23.6 Å². The fraction of sp³-hybridized carbons (Fsp3) is 0.375. The Morgan fingerprint density at radius 2 is 1.93 bits per heavy atom. The summed E-state index contributed by atoms with van der Waals surface area (Å²) >= 11 is 0. The van der Waals surface area contributed by atoms with E-state index < -0.39 is 0 Å². The maximum absolute atomic E-state index is 13.2. The number of hydrogen-bond donors (Lipinski definition) is 0. The Kier molecular flexibility index (Phi) is 5.95. The normalized spacial score (nSPS) is 17.1. The fourth-order valence-corrected chi connectivity index (χ4v) is 4.28. The number of carbonyl (C=O) groups is 1. The van der Waals surface area contributed by atoms with E-state index in [1.807, 2.05) is 56.3 Å². The number of methoxy groups -OCH3 is 1. The van der Waals surface area contributed by atoms with Gasteiger partial charge >= 0.3 is 0 Å². The summed E-state index contributed by atoms with van der Waals surface area (Å²) < 4.78 is 10.9. The van der Waals surface area contributed by atoms with E-state index in [-0.39, 0.29) is 11.7 Å². The summed E-state index contributed by atoms with van der Waals surface area (Å²) in [6.45, 7) is 6.15. The molecule has 4 rings (SSSR count). The Bertz CT molecular complexity index is 1010. The van der Waals surface area contributed by atoms with Gasteiger partial charge in [-0.1, -0.05) is 35.5 Å². The van der Waals surface area contributed by atoms with Crippen LogP contribution in [0.5, 0.6) is 5.75 Å². The van der Waals surface area contributed by atoms with Gasteiger partial charge in [0.15, 0.2) is 5.78 Å². The zero-order valence-corrected chi connectivity index (χ0v) is 17.7. The molecule has 0 spiro atoms. The first-order valence-electron chi connectivity index (χ1n) is 10.3. The first kappa shape index (κ1) is 20.3. The standard InChI is InChI=1S/C24H27N3O3/c1-16-12-20(13-17(2)23(16)29-3)22(28)19-10-7-11-27(14-19)15-21-25-24(26-30-21)18-8-5-4-6-9-18/h4-6,8-9,12-13,19H,7,10-11,14-15H2,1-3H3/t19-/m1/s1. The van der Waals surface area contributed by atoms with Crippen molar-refractivity contribution in [2.75, 3.05) is 20.2 Å². The molecule has 0 saturated carbocycles. The summed E-state index contributed by atoms with van der Waals surface area (Å²) in [5, 5.41) is 4.10. The van der Waals surface area contributed by atoms with Gasteiger partial charge in [-0.2, -0.15) is 4.98 Å². The second-order valence-corrected chi connectivity index (χ2v) is 7.96. The van der Waals surface area contributed by atoms with E-state index in [2.05, 4.69) is 15.0 Å². The predicted molar refractivity (Wildman–Crippen MR) is 115 cm³/mol. The molecular formula is C24H27N3O3. The largest absolute Gasteiger partial charge is 0.496 e. The lowest BCUT2D eigenvalue weighted by Crippen LogP contribution is -2.38. The monoisotopic (exact) mass is 405 g/mol. The number of aromatic nitrogens is 2. The van der Waals surface area contributed by atoms with Gasteiger partial charge in [-0.3, -0.25) is 9.69 Å². The van der Waals surface area contributed by atoms with Crippen molar-refractivity contribution in [2.24, 2.45) is 5.92 Å². The highest BCUT2D eigenvalue weighted by molar-refractivity contribution is 5.98. The molecule has 0 aliphatic carbocycles. The third-order valence-electron chi connectivity index (χ3n) is 5.68. The van der Waals surface area contributed by atoms with Crippen molar-refractivity contribution >= 4 is 5.78 Å². The number of Topliss-reactive ketones (excluding diaryl/α,β-unsaturated/α-hetero) is 1. The van der Waals surface area contributed by atoms with Crippen LogP contribution in [0.2, 0.25) is 0 Å². The lowest BCUT2D eigenvalue weighted by Gasteiger charge is -2.31. The van der Waals surface area contributed by atoms with Gasteiger partial charge in [0.2, 0.25) is 11.7 Å². The Morgan fingerprint density at radius 1 is 1.20 bits per heavy atom. The first-order valence-corrected chi connectivity index (χ1v) is 10.3. The predicted octanol–water partition coefficient (Wildman–Crippen LogP) is 4.46. The number of aryl methyl sites for hydroxylation is 2. The molecule has 1 fully saturated rings. The van der Waals surface area contributed by atoms with Crippen LogP contribution in [0.3, 0.4) is 0 Å². The molecule has 1 saturated heterocycles. The number of ether oxygens (including phenoxy) is 1. The van der Waals surface area contributed by atoms with Crippen molar-refractivity contribution in [3.8, 4) is 17.1 Å². The lowest BCUT2D eigenvalue weighted by molar-refractivity contribution is 0.0797. The van der Waals surface area contributed by atoms with E-state index in [4.69, 9.17) is 9.26 Å². The zero-order valence-electron chi connectivity index (χ0n) is 17.7. The molecule has 1 aliphatic heterocycles. The van der Waals surface area contributed by atoms with Crippen LogP contribution in [-0.2, 0) is 6.54 Å². The van der Waals surface area contributed by atoms with Crippen LogP contribution in [0.25, 0.3) is 11.4 Å². The molecular weight excluding hydrogens is 378 g/mol. The van der Waals surface area contributed by atoms with Crippen LogP contribution in [0.15, 0.2) is 47.0 Å². The minimum absolute atomic E-state index is 0.0255. The van der Waals surface area contributed by atoms with Gasteiger partial charge in [0.05, 0.1) is 13.7 Å². The summed E-state index contributed by atoms with van der Waals surface area (Å²) in [5.74, 6) is 2.20. The molecule has 6 nitrogen and oxygen atoms in total. The molecule has 0 radical (unpaired) electrons. The van der Waals surface area contributed by atoms with Crippen molar-refractivity contribution in [1.82, 2.24) is 15.0 Å². The summed E-state index contributed by atoms with van der Waals surface area (Å²) in [6.07, 6.45) is 1.88. The number of piperidine rings is 1. The highest BCUT2D eigenvalue weighted by Gasteiger charge is 2.28. The molecule has 0 unspecified atom stereocenters. The summed E-state index contributed by atoms with van der Waals surface area (Å²) in [6, 6.07) is 13.7. The molecule has 0 bridgehead atoms. The second-order valence-electron chi connectivity index (χ2n) is 7.96. The van der Waals surface area contributed by atoms with Crippen molar-refractivity contribution < 1.29 is 14.1 Å². The number of rotatable bonds is 6. The third kappa shape index (κ3) is 4.28. The van der Waals surface area contributed by atoms with Gasteiger partial charge in [-0.05, 0) is 56.5 Å². The molecule has 0 amide bonds. The number of hydrogen-bond acceptors (Lipinski definition) is 6. The van der Waals surface area contributed by atoms with Crippen LogP contribution in [0, 0.1) is 19.8 Å².